The first-order chi connectivity index (χ1) is 8.79. The Bertz CT molecular complexity index is 316. The van der Waals surface area contributed by atoms with Crippen molar-refractivity contribution in [3.63, 3.8) is 0 Å². The van der Waals surface area contributed by atoms with Gasteiger partial charge >= 0.3 is 8.80 Å². The Morgan fingerprint density at radius 2 is 1.50 bits per heavy atom. The molecule has 18 heavy (non-hydrogen) atoms. The summed E-state index contributed by atoms with van der Waals surface area (Å²) in [5.41, 5.74) is 11.0. The number of benzene rings is 1. The van der Waals surface area contributed by atoms with Crippen molar-refractivity contribution in [3.8, 4) is 0 Å². The van der Waals surface area contributed by atoms with Crippen LogP contribution >= 0.6 is 0 Å². The van der Waals surface area contributed by atoms with E-state index in [1.807, 2.05) is 37.3 Å². The van der Waals surface area contributed by atoms with Crippen molar-refractivity contribution in [1.29, 1.82) is 0 Å². The summed E-state index contributed by atoms with van der Waals surface area (Å²) in [6.45, 7) is 4.12. The summed E-state index contributed by atoms with van der Waals surface area (Å²) < 4.78 is 17.4. The van der Waals surface area contributed by atoms with Gasteiger partial charge in [-0.15, -0.1) is 0 Å². The monoisotopic (exact) mass is 270 g/mol. The molecule has 1 aromatic rings. The van der Waals surface area contributed by atoms with E-state index in [-0.39, 0.29) is 0 Å². The highest BCUT2D eigenvalue weighted by Gasteiger charge is 2.43. The van der Waals surface area contributed by atoms with Crippen LogP contribution in [-0.2, 0) is 13.3 Å². The van der Waals surface area contributed by atoms with Crippen LogP contribution in [-0.4, -0.2) is 41.7 Å². The van der Waals surface area contributed by atoms with E-state index in [9.17, 15) is 0 Å². The van der Waals surface area contributed by atoms with Gasteiger partial charge in [-0.2, -0.15) is 0 Å². The smallest absolute Gasteiger partial charge is 0.370 e. The molecule has 6 heteroatoms. The van der Waals surface area contributed by atoms with Crippen molar-refractivity contribution in [2.75, 3.05) is 32.9 Å². The first-order valence-corrected chi connectivity index (χ1v) is 7.89. The van der Waals surface area contributed by atoms with Crippen LogP contribution in [0.4, 0.5) is 0 Å². The van der Waals surface area contributed by atoms with Gasteiger partial charge in [0.2, 0.25) is 0 Å². The predicted molar refractivity (Wildman–Crippen MR) is 73.5 cm³/mol. The Balaban J connectivity index is 2.94. The van der Waals surface area contributed by atoms with Crippen LogP contribution in [0.5, 0.6) is 0 Å². The summed E-state index contributed by atoms with van der Waals surface area (Å²) in [5, 5.41) is 0.939. The molecule has 0 unspecified atom stereocenters. The van der Waals surface area contributed by atoms with Crippen LogP contribution in [0.25, 0.3) is 0 Å². The Morgan fingerprint density at radius 3 is 1.94 bits per heavy atom. The summed E-state index contributed by atoms with van der Waals surface area (Å²) in [7, 11) is -2.87. The SMILES string of the molecule is CCO[Si](OCCN)(OCCN)c1ccccc1. The average Bonchev–Trinajstić information content (AvgIpc) is 2.43. The topological polar surface area (TPSA) is 79.7 Å². The summed E-state index contributed by atoms with van der Waals surface area (Å²) in [6.07, 6.45) is 0. The predicted octanol–water partition coefficient (Wildman–Crippen LogP) is -0.180. The molecule has 0 saturated heterocycles. The Morgan fingerprint density at radius 1 is 0.944 bits per heavy atom. The molecule has 4 N–H and O–H groups in total. The number of hydrogen-bond donors (Lipinski definition) is 2. The molecular formula is C12H22N2O3Si. The molecular weight excluding hydrogens is 248 g/mol. The van der Waals surface area contributed by atoms with Crippen LogP contribution in [0.15, 0.2) is 30.3 Å². The quantitative estimate of drug-likeness (QED) is 0.609. The van der Waals surface area contributed by atoms with Crippen molar-refractivity contribution in [3.05, 3.63) is 30.3 Å². The second-order valence-corrected chi connectivity index (χ2v) is 6.19. The molecule has 1 aromatic carbocycles. The van der Waals surface area contributed by atoms with Crippen molar-refractivity contribution in [2.24, 2.45) is 11.5 Å². The lowest BCUT2D eigenvalue weighted by Crippen LogP contribution is -2.58. The molecule has 5 nitrogen and oxygen atoms in total. The molecule has 102 valence electrons. The zero-order valence-electron chi connectivity index (χ0n) is 10.8. The molecule has 0 radical (unpaired) electrons. The Hall–Kier alpha value is -0.763. The standard InChI is InChI=1S/C12H22N2O3Si/c1-2-15-18(16-10-8-13,17-11-9-14)12-6-4-3-5-7-12/h3-7H,2,8-11,13-14H2,1H3. The molecule has 0 aliphatic heterocycles. The van der Waals surface area contributed by atoms with E-state index in [0.717, 1.165) is 5.19 Å². The van der Waals surface area contributed by atoms with Crippen molar-refractivity contribution in [1.82, 2.24) is 0 Å². The molecule has 0 aromatic heterocycles. The minimum Gasteiger partial charge on any atom is -0.370 e. The number of nitrogens with two attached hydrogens (primary N) is 2. The molecule has 0 saturated carbocycles. The normalized spacial score (nSPS) is 11.7. The zero-order chi connectivity index (χ0) is 13.3. The minimum absolute atomic E-state index is 0.408. The summed E-state index contributed by atoms with van der Waals surface area (Å²) in [5.74, 6) is 0. The number of hydrogen-bond acceptors (Lipinski definition) is 5. The highest BCUT2D eigenvalue weighted by atomic mass is 28.4. The largest absolute Gasteiger partial charge is 0.537 e. The van der Waals surface area contributed by atoms with Gasteiger partial charge in [-0.1, -0.05) is 30.3 Å². The molecule has 0 bridgehead atoms. The second kappa shape index (κ2) is 8.36. The van der Waals surface area contributed by atoms with Gasteiger partial charge in [0, 0.05) is 24.9 Å². The molecule has 0 aliphatic carbocycles. The van der Waals surface area contributed by atoms with Crippen molar-refractivity contribution < 1.29 is 13.3 Å². The highest BCUT2D eigenvalue weighted by molar-refractivity contribution is 6.75. The second-order valence-electron chi connectivity index (χ2n) is 3.63. The van der Waals surface area contributed by atoms with Crippen LogP contribution in [0.1, 0.15) is 6.92 Å². The Kier molecular flexibility index (Phi) is 7.10. The van der Waals surface area contributed by atoms with Gasteiger partial charge in [-0.25, -0.2) is 0 Å². The Labute approximate surface area is 109 Å². The van der Waals surface area contributed by atoms with E-state index in [2.05, 4.69) is 0 Å². The number of rotatable bonds is 9. The van der Waals surface area contributed by atoms with E-state index < -0.39 is 8.80 Å². The lowest BCUT2D eigenvalue weighted by atomic mass is 10.4. The van der Waals surface area contributed by atoms with E-state index >= 15 is 0 Å². The zero-order valence-corrected chi connectivity index (χ0v) is 11.8. The van der Waals surface area contributed by atoms with Gasteiger partial charge in [0.25, 0.3) is 0 Å². The first-order valence-electron chi connectivity index (χ1n) is 6.16. The van der Waals surface area contributed by atoms with Crippen LogP contribution < -0.4 is 16.7 Å². The summed E-state index contributed by atoms with van der Waals surface area (Å²) in [4.78, 5) is 0. The van der Waals surface area contributed by atoms with Gasteiger partial charge < -0.3 is 24.7 Å². The fourth-order valence-corrected chi connectivity index (χ4v) is 4.10. The molecule has 0 spiro atoms. The fourth-order valence-electron chi connectivity index (χ4n) is 1.59. The molecule has 0 aliphatic rings. The van der Waals surface area contributed by atoms with Gasteiger partial charge in [-0.3, -0.25) is 0 Å². The van der Waals surface area contributed by atoms with Crippen LogP contribution in [0.3, 0.4) is 0 Å². The van der Waals surface area contributed by atoms with E-state index in [0.29, 0.717) is 32.9 Å². The molecule has 0 heterocycles. The first kappa shape index (κ1) is 15.3. The maximum Gasteiger partial charge on any atom is 0.537 e. The van der Waals surface area contributed by atoms with Gasteiger partial charge in [0.05, 0.1) is 13.2 Å². The van der Waals surface area contributed by atoms with E-state index in [1.165, 1.54) is 0 Å². The van der Waals surface area contributed by atoms with Crippen LogP contribution in [0.2, 0.25) is 0 Å². The summed E-state index contributed by atoms with van der Waals surface area (Å²) >= 11 is 0. The van der Waals surface area contributed by atoms with Gasteiger partial charge in [-0.05, 0) is 6.92 Å². The minimum atomic E-state index is -2.87. The molecule has 1 rings (SSSR count). The molecule has 0 amide bonds. The third-order valence-corrected chi connectivity index (χ3v) is 5.16. The van der Waals surface area contributed by atoms with Gasteiger partial charge in [0.15, 0.2) is 0 Å². The van der Waals surface area contributed by atoms with Crippen molar-refractivity contribution in [2.45, 2.75) is 6.92 Å². The third kappa shape index (κ3) is 4.16. The molecule has 0 atom stereocenters. The van der Waals surface area contributed by atoms with E-state index in [1.54, 1.807) is 0 Å². The van der Waals surface area contributed by atoms with Crippen molar-refractivity contribution >= 4 is 14.0 Å². The van der Waals surface area contributed by atoms with Crippen LogP contribution in [0, 0.1) is 0 Å². The summed E-state index contributed by atoms with van der Waals surface area (Å²) in [6, 6.07) is 9.73. The third-order valence-electron chi connectivity index (χ3n) is 2.28. The maximum absolute atomic E-state index is 5.82. The highest BCUT2D eigenvalue weighted by Crippen LogP contribution is 2.10. The lowest BCUT2D eigenvalue weighted by molar-refractivity contribution is 0.0819. The molecule has 0 fully saturated rings. The maximum atomic E-state index is 5.82. The van der Waals surface area contributed by atoms with E-state index in [4.69, 9.17) is 24.7 Å². The lowest BCUT2D eigenvalue weighted by Gasteiger charge is -2.29. The van der Waals surface area contributed by atoms with Gasteiger partial charge in [0.1, 0.15) is 0 Å². The fraction of sp³-hybridized carbons (Fsp3) is 0.500. The average molecular weight is 270 g/mol.